The van der Waals surface area contributed by atoms with Crippen LogP contribution in [0.3, 0.4) is 0 Å². The fourth-order valence-electron chi connectivity index (χ4n) is 0.189. The molecule has 0 amide bonds. The van der Waals surface area contributed by atoms with Crippen LogP contribution in [0.2, 0.25) is 0 Å². The van der Waals surface area contributed by atoms with Gasteiger partial charge in [0, 0.05) is 6.92 Å². The van der Waals surface area contributed by atoms with Gasteiger partial charge in [-0.05, 0) is 6.92 Å². The molecule has 0 atom stereocenters. The normalized spacial score (nSPS) is 7.10. The predicted molar refractivity (Wildman–Crippen MR) is 39.6 cm³/mol. The van der Waals surface area contributed by atoms with Crippen molar-refractivity contribution in [1.82, 2.24) is 0 Å². The van der Waals surface area contributed by atoms with Gasteiger partial charge < -0.3 is 9.84 Å². The molecule has 0 rings (SSSR count). The Hall–Kier alpha value is -0.830. The predicted octanol–water partition coefficient (Wildman–Crippen LogP) is 0.734. The number of hydrogen-bond donors (Lipinski definition) is 1. The molecular weight excluding hydrogens is 132 g/mol. The molecule has 0 aromatic heterocycles. The standard InChI is InChI=1S/C4H8O3.C3H6/c1-4(6)7-3-2-5;1-3-2/h5H,2-3H2,1H3;3H,1H2,2H3. The Balaban J connectivity index is 0. The van der Waals surface area contributed by atoms with E-state index in [2.05, 4.69) is 11.3 Å². The maximum Gasteiger partial charge on any atom is 0.302 e. The quantitative estimate of drug-likeness (QED) is 0.461. The van der Waals surface area contributed by atoms with E-state index in [1.165, 1.54) is 6.92 Å². The topological polar surface area (TPSA) is 46.5 Å². The van der Waals surface area contributed by atoms with E-state index in [9.17, 15) is 4.79 Å². The molecule has 60 valence electrons. The fraction of sp³-hybridized carbons (Fsp3) is 0.571. The first-order valence-corrected chi connectivity index (χ1v) is 3.00. The summed E-state index contributed by atoms with van der Waals surface area (Å²) in [6, 6.07) is 0. The Morgan fingerprint density at radius 2 is 2.20 bits per heavy atom. The van der Waals surface area contributed by atoms with Crippen LogP contribution in [0.5, 0.6) is 0 Å². The van der Waals surface area contributed by atoms with Gasteiger partial charge in [-0.25, -0.2) is 0 Å². The molecule has 0 saturated heterocycles. The van der Waals surface area contributed by atoms with Crippen LogP contribution < -0.4 is 0 Å². The molecule has 0 unspecified atom stereocenters. The first-order chi connectivity index (χ1) is 4.68. The van der Waals surface area contributed by atoms with Crippen LogP contribution in [0.1, 0.15) is 13.8 Å². The summed E-state index contributed by atoms with van der Waals surface area (Å²) < 4.78 is 4.30. The molecule has 0 aromatic carbocycles. The van der Waals surface area contributed by atoms with Gasteiger partial charge in [0.25, 0.3) is 0 Å². The maximum absolute atomic E-state index is 9.87. The first kappa shape index (κ1) is 11.9. The van der Waals surface area contributed by atoms with Crippen molar-refractivity contribution in [2.75, 3.05) is 13.2 Å². The highest BCUT2D eigenvalue weighted by Gasteiger charge is 1.86. The lowest BCUT2D eigenvalue weighted by molar-refractivity contribution is -0.141. The molecule has 0 saturated carbocycles. The van der Waals surface area contributed by atoms with E-state index in [1.807, 2.05) is 6.92 Å². The van der Waals surface area contributed by atoms with E-state index in [0.29, 0.717) is 0 Å². The van der Waals surface area contributed by atoms with Crippen molar-refractivity contribution in [3.05, 3.63) is 12.7 Å². The minimum Gasteiger partial charge on any atom is -0.463 e. The van der Waals surface area contributed by atoms with Crippen molar-refractivity contribution in [3.63, 3.8) is 0 Å². The summed E-state index contributed by atoms with van der Waals surface area (Å²) in [6.45, 7) is 6.56. The summed E-state index contributed by atoms with van der Waals surface area (Å²) in [5.41, 5.74) is 0. The number of hydrogen-bond acceptors (Lipinski definition) is 3. The number of aliphatic hydroxyl groups is 1. The van der Waals surface area contributed by atoms with Crippen molar-refractivity contribution in [3.8, 4) is 0 Å². The van der Waals surface area contributed by atoms with E-state index in [4.69, 9.17) is 5.11 Å². The highest BCUT2D eigenvalue weighted by atomic mass is 16.5. The largest absolute Gasteiger partial charge is 0.463 e. The number of carbonyl (C=O) groups excluding carboxylic acids is 1. The Morgan fingerprint density at radius 3 is 2.30 bits per heavy atom. The monoisotopic (exact) mass is 146 g/mol. The molecule has 3 heteroatoms. The van der Waals surface area contributed by atoms with Gasteiger partial charge in [-0.3, -0.25) is 4.79 Å². The lowest BCUT2D eigenvalue weighted by Gasteiger charge is -1.93. The van der Waals surface area contributed by atoms with Crippen LogP contribution in [-0.2, 0) is 9.53 Å². The van der Waals surface area contributed by atoms with Crippen molar-refractivity contribution in [1.29, 1.82) is 0 Å². The maximum atomic E-state index is 9.87. The molecule has 0 aliphatic rings. The van der Waals surface area contributed by atoms with Gasteiger partial charge in [0.05, 0.1) is 6.61 Å². The number of aliphatic hydroxyl groups excluding tert-OH is 1. The number of rotatable bonds is 2. The zero-order chi connectivity index (χ0) is 8.41. The van der Waals surface area contributed by atoms with E-state index >= 15 is 0 Å². The van der Waals surface area contributed by atoms with E-state index < -0.39 is 0 Å². The van der Waals surface area contributed by atoms with E-state index in [1.54, 1.807) is 6.08 Å². The van der Waals surface area contributed by atoms with E-state index in [-0.39, 0.29) is 19.2 Å². The second-order valence-corrected chi connectivity index (χ2v) is 1.47. The lowest BCUT2D eigenvalue weighted by Crippen LogP contribution is -2.03. The fourth-order valence-corrected chi connectivity index (χ4v) is 0.189. The van der Waals surface area contributed by atoms with Crippen LogP contribution in [0.25, 0.3) is 0 Å². The third kappa shape index (κ3) is 27.2. The number of carbonyl (C=O) groups is 1. The van der Waals surface area contributed by atoms with Gasteiger partial charge in [-0.2, -0.15) is 0 Å². The number of ether oxygens (including phenoxy) is 1. The molecule has 0 heterocycles. The van der Waals surface area contributed by atoms with Crippen LogP contribution in [-0.4, -0.2) is 24.3 Å². The van der Waals surface area contributed by atoms with Gasteiger partial charge in [0.15, 0.2) is 0 Å². The lowest BCUT2D eigenvalue weighted by atomic mass is 10.7. The molecule has 0 spiro atoms. The van der Waals surface area contributed by atoms with Crippen LogP contribution in [0, 0.1) is 0 Å². The van der Waals surface area contributed by atoms with Crippen molar-refractivity contribution < 1.29 is 14.6 Å². The molecule has 3 nitrogen and oxygen atoms in total. The summed E-state index contributed by atoms with van der Waals surface area (Å²) in [5.74, 6) is -0.353. The summed E-state index contributed by atoms with van der Waals surface area (Å²) in [5, 5.41) is 8.04. The SMILES string of the molecule is C=CC.CC(=O)OCCO. The average molecular weight is 146 g/mol. The highest BCUT2D eigenvalue weighted by Crippen LogP contribution is 1.71. The number of esters is 1. The second kappa shape index (κ2) is 11.0. The average Bonchev–Trinajstić information content (AvgIpc) is 1.85. The molecule has 0 bridgehead atoms. The van der Waals surface area contributed by atoms with Gasteiger partial charge in [-0.15, -0.1) is 6.58 Å². The van der Waals surface area contributed by atoms with Crippen molar-refractivity contribution in [2.24, 2.45) is 0 Å². The molecule has 0 aliphatic carbocycles. The molecule has 0 radical (unpaired) electrons. The zero-order valence-corrected chi connectivity index (χ0v) is 6.46. The van der Waals surface area contributed by atoms with Crippen LogP contribution in [0.4, 0.5) is 0 Å². The number of allylic oxidation sites excluding steroid dienone is 1. The molecular formula is C7H14O3. The van der Waals surface area contributed by atoms with Gasteiger partial charge >= 0.3 is 5.97 Å². The Bertz CT molecular complexity index is 88.9. The van der Waals surface area contributed by atoms with Gasteiger partial charge in [-0.1, -0.05) is 6.08 Å². The van der Waals surface area contributed by atoms with Gasteiger partial charge in [0.1, 0.15) is 6.61 Å². The summed E-state index contributed by atoms with van der Waals surface area (Å²) in [7, 11) is 0. The summed E-state index contributed by atoms with van der Waals surface area (Å²) in [4.78, 5) is 9.87. The molecule has 10 heavy (non-hydrogen) atoms. The van der Waals surface area contributed by atoms with Crippen LogP contribution >= 0.6 is 0 Å². The molecule has 0 aliphatic heterocycles. The van der Waals surface area contributed by atoms with Crippen molar-refractivity contribution in [2.45, 2.75) is 13.8 Å². The minimum absolute atomic E-state index is 0.0976. The minimum atomic E-state index is -0.353. The molecule has 0 fully saturated rings. The Labute approximate surface area is 61.3 Å². The first-order valence-electron chi connectivity index (χ1n) is 3.00. The smallest absolute Gasteiger partial charge is 0.302 e. The van der Waals surface area contributed by atoms with Crippen LogP contribution in [0.15, 0.2) is 12.7 Å². The summed E-state index contributed by atoms with van der Waals surface area (Å²) in [6.07, 6.45) is 1.75. The third-order valence-corrected chi connectivity index (χ3v) is 0.397. The Morgan fingerprint density at radius 1 is 1.80 bits per heavy atom. The van der Waals surface area contributed by atoms with Crippen molar-refractivity contribution >= 4 is 5.97 Å². The van der Waals surface area contributed by atoms with Gasteiger partial charge in [0.2, 0.25) is 0 Å². The molecule has 1 N–H and O–H groups in total. The summed E-state index contributed by atoms with van der Waals surface area (Å²) >= 11 is 0. The highest BCUT2D eigenvalue weighted by molar-refractivity contribution is 5.65. The third-order valence-electron chi connectivity index (χ3n) is 0.397. The van der Waals surface area contributed by atoms with E-state index in [0.717, 1.165) is 0 Å². The molecule has 0 aromatic rings. The second-order valence-electron chi connectivity index (χ2n) is 1.47. The Kier molecular flexibility index (Phi) is 13.1. The zero-order valence-electron chi connectivity index (χ0n) is 6.46.